The molecule has 0 spiro atoms. The van der Waals surface area contributed by atoms with E-state index in [-0.39, 0.29) is 5.91 Å². The molecule has 1 aromatic carbocycles. The van der Waals surface area contributed by atoms with Crippen LogP contribution in [0.4, 0.5) is 0 Å². The van der Waals surface area contributed by atoms with Gasteiger partial charge in [0, 0.05) is 12.6 Å². The van der Waals surface area contributed by atoms with Gasteiger partial charge in [-0.15, -0.1) is 0 Å². The molecule has 1 fully saturated rings. The molecular weight excluding hydrogens is 271 g/mol. The molecule has 0 aromatic heterocycles. The Morgan fingerprint density at radius 2 is 2.11 bits per heavy atom. The van der Waals surface area contributed by atoms with Gasteiger partial charge < -0.3 is 10.6 Å². The van der Waals surface area contributed by atoms with Crippen molar-refractivity contribution >= 4 is 29.1 Å². The maximum atomic E-state index is 12.0. The Hall–Kier alpha value is -0.770. The zero-order chi connectivity index (χ0) is 13.3. The van der Waals surface area contributed by atoms with E-state index in [1.54, 1.807) is 19.1 Å². The number of rotatable bonds is 4. The number of carbonyl (C=O) groups is 1. The lowest BCUT2D eigenvalue weighted by atomic mass is 10.2. The molecule has 1 aromatic rings. The third-order valence-electron chi connectivity index (χ3n) is 3.00. The van der Waals surface area contributed by atoms with Gasteiger partial charge in [0.25, 0.3) is 0 Å². The van der Waals surface area contributed by atoms with Crippen LogP contribution in [0.5, 0.6) is 0 Å². The Bertz CT molecular complexity index is 458. The highest BCUT2D eigenvalue weighted by atomic mass is 35.5. The first-order chi connectivity index (χ1) is 8.49. The molecule has 3 nitrogen and oxygen atoms in total. The molecule has 1 saturated carbocycles. The van der Waals surface area contributed by atoms with E-state index in [9.17, 15) is 4.79 Å². The molecular formula is C13H16Cl2N2O. The standard InChI is InChI=1S/C13H16Cl2N2O/c1-8(16)13(18)17(10-3-4-10)7-9-2-5-11(14)12(15)6-9/h2,5-6,8,10H,3-4,7,16H2,1H3/t8-/m1/s1. The number of benzene rings is 1. The molecule has 0 unspecified atom stereocenters. The van der Waals surface area contributed by atoms with Crippen molar-refractivity contribution in [3.05, 3.63) is 33.8 Å². The Balaban J connectivity index is 2.13. The number of halogens is 2. The van der Waals surface area contributed by atoms with Crippen LogP contribution in [0.1, 0.15) is 25.3 Å². The van der Waals surface area contributed by atoms with Crippen molar-refractivity contribution in [2.45, 2.75) is 38.4 Å². The summed E-state index contributed by atoms with van der Waals surface area (Å²) in [7, 11) is 0. The molecule has 0 bridgehead atoms. The number of nitrogens with zero attached hydrogens (tertiary/aromatic N) is 1. The zero-order valence-corrected chi connectivity index (χ0v) is 11.7. The number of nitrogens with two attached hydrogens (primary N) is 1. The summed E-state index contributed by atoms with van der Waals surface area (Å²) in [5.41, 5.74) is 6.65. The van der Waals surface area contributed by atoms with E-state index < -0.39 is 6.04 Å². The summed E-state index contributed by atoms with van der Waals surface area (Å²) < 4.78 is 0. The van der Waals surface area contributed by atoms with Crippen molar-refractivity contribution in [2.24, 2.45) is 5.73 Å². The highest BCUT2D eigenvalue weighted by Gasteiger charge is 2.33. The fraction of sp³-hybridized carbons (Fsp3) is 0.462. The van der Waals surface area contributed by atoms with Gasteiger partial charge in [-0.25, -0.2) is 0 Å². The Morgan fingerprint density at radius 3 is 2.61 bits per heavy atom. The highest BCUT2D eigenvalue weighted by Crippen LogP contribution is 2.30. The molecule has 1 atom stereocenters. The monoisotopic (exact) mass is 286 g/mol. The van der Waals surface area contributed by atoms with Crippen molar-refractivity contribution < 1.29 is 4.79 Å². The normalized spacial score (nSPS) is 16.4. The summed E-state index contributed by atoms with van der Waals surface area (Å²) in [6, 6.07) is 5.30. The fourth-order valence-corrected chi connectivity index (χ4v) is 2.19. The van der Waals surface area contributed by atoms with Crippen molar-refractivity contribution in [1.29, 1.82) is 0 Å². The van der Waals surface area contributed by atoms with Crippen LogP contribution in [0.25, 0.3) is 0 Å². The minimum absolute atomic E-state index is 0.0106. The van der Waals surface area contributed by atoms with Gasteiger partial charge in [-0.1, -0.05) is 29.3 Å². The molecule has 1 aliphatic carbocycles. The summed E-state index contributed by atoms with van der Waals surface area (Å²) in [5, 5.41) is 1.04. The SMILES string of the molecule is C[C@@H](N)C(=O)N(Cc1ccc(Cl)c(Cl)c1)C1CC1. The first kappa shape index (κ1) is 13.7. The second-order valence-electron chi connectivity index (χ2n) is 4.73. The van der Waals surface area contributed by atoms with Crippen LogP contribution in [-0.2, 0) is 11.3 Å². The zero-order valence-electron chi connectivity index (χ0n) is 10.2. The third kappa shape index (κ3) is 3.16. The molecule has 1 aliphatic rings. The molecule has 0 aliphatic heterocycles. The summed E-state index contributed by atoms with van der Waals surface area (Å²) >= 11 is 11.8. The lowest BCUT2D eigenvalue weighted by Gasteiger charge is -2.24. The van der Waals surface area contributed by atoms with Crippen LogP contribution in [0.3, 0.4) is 0 Å². The van der Waals surface area contributed by atoms with E-state index in [1.807, 2.05) is 11.0 Å². The predicted molar refractivity (Wildman–Crippen MR) is 73.7 cm³/mol. The molecule has 2 N–H and O–H groups in total. The Labute approximate surface area is 117 Å². The summed E-state index contributed by atoms with van der Waals surface area (Å²) in [5.74, 6) is -0.0106. The van der Waals surface area contributed by atoms with Gasteiger partial charge in [0.1, 0.15) is 0 Å². The smallest absolute Gasteiger partial charge is 0.239 e. The van der Waals surface area contributed by atoms with E-state index in [0.29, 0.717) is 22.6 Å². The first-order valence-corrected chi connectivity index (χ1v) is 6.74. The van der Waals surface area contributed by atoms with Crippen molar-refractivity contribution in [3.63, 3.8) is 0 Å². The maximum absolute atomic E-state index is 12.0. The van der Waals surface area contributed by atoms with Gasteiger partial charge >= 0.3 is 0 Å². The minimum Gasteiger partial charge on any atom is -0.334 e. The third-order valence-corrected chi connectivity index (χ3v) is 3.74. The number of carbonyl (C=O) groups excluding carboxylic acids is 1. The van der Waals surface area contributed by atoms with Crippen LogP contribution < -0.4 is 5.73 Å². The van der Waals surface area contributed by atoms with Crippen LogP contribution in [0, 0.1) is 0 Å². The van der Waals surface area contributed by atoms with E-state index in [0.717, 1.165) is 18.4 Å². The van der Waals surface area contributed by atoms with Crippen molar-refractivity contribution in [1.82, 2.24) is 4.90 Å². The van der Waals surface area contributed by atoms with Gasteiger partial charge in [0.2, 0.25) is 5.91 Å². The van der Waals surface area contributed by atoms with Gasteiger partial charge in [-0.05, 0) is 37.5 Å². The van der Waals surface area contributed by atoms with Crippen LogP contribution in [-0.4, -0.2) is 22.9 Å². The summed E-state index contributed by atoms with van der Waals surface area (Å²) in [6.07, 6.45) is 2.11. The molecule has 0 radical (unpaired) electrons. The van der Waals surface area contributed by atoms with Crippen LogP contribution in [0.15, 0.2) is 18.2 Å². The lowest BCUT2D eigenvalue weighted by Crippen LogP contribution is -2.42. The molecule has 2 rings (SSSR count). The number of hydrogen-bond acceptors (Lipinski definition) is 2. The van der Waals surface area contributed by atoms with Crippen LogP contribution in [0.2, 0.25) is 10.0 Å². The maximum Gasteiger partial charge on any atom is 0.239 e. The number of hydrogen-bond donors (Lipinski definition) is 1. The van der Waals surface area contributed by atoms with Gasteiger partial charge in [-0.3, -0.25) is 4.79 Å². The molecule has 0 saturated heterocycles. The topological polar surface area (TPSA) is 46.3 Å². The average Bonchev–Trinajstić information content (AvgIpc) is 3.13. The van der Waals surface area contributed by atoms with Crippen molar-refractivity contribution in [3.8, 4) is 0 Å². The molecule has 98 valence electrons. The van der Waals surface area contributed by atoms with Gasteiger partial charge in [-0.2, -0.15) is 0 Å². The quantitative estimate of drug-likeness (QED) is 0.925. The van der Waals surface area contributed by atoms with Gasteiger partial charge in [0.05, 0.1) is 16.1 Å². The second kappa shape index (κ2) is 5.47. The molecule has 18 heavy (non-hydrogen) atoms. The van der Waals surface area contributed by atoms with E-state index in [4.69, 9.17) is 28.9 Å². The van der Waals surface area contributed by atoms with E-state index in [1.165, 1.54) is 0 Å². The van der Waals surface area contributed by atoms with E-state index in [2.05, 4.69) is 0 Å². The van der Waals surface area contributed by atoms with Gasteiger partial charge in [0.15, 0.2) is 0 Å². The van der Waals surface area contributed by atoms with Crippen LogP contribution >= 0.6 is 23.2 Å². The summed E-state index contributed by atoms with van der Waals surface area (Å²) in [4.78, 5) is 13.9. The highest BCUT2D eigenvalue weighted by molar-refractivity contribution is 6.42. The lowest BCUT2D eigenvalue weighted by molar-refractivity contribution is -0.133. The number of amides is 1. The minimum atomic E-state index is -0.464. The van der Waals surface area contributed by atoms with E-state index >= 15 is 0 Å². The Morgan fingerprint density at radius 1 is 1.44 bits per heavy atom. The molecule has 5 heteroatoms. The molecule has 0 heterocycles. The largest absolute Gasteiger partial charge is 0.334 e. The predicted octanol–water partition coefficient (Wildman–Crippen LogP) is 2.83. The average molecular weight is 287 g/mol. The van der Waals surface area contributed by atoms with Crippen molar-refractivity contribution in [2.75, 3.05) is 0 Å². The fourth-order valence-electron chi connectivity index (χ4n) is 1.87. The summed E-state index contributed by atoms with van der Waals surface area (Å²) in [6.45, 7) is 2.26. The first-order valence-electron chi connectivity index (χ1n) is 5.99. The second-order valence-corrected chi connectivity index (χ2v) is 5.55. The Kier molecular flexibility index (Phi) is 4.15. The molecule has 1 amide bonds.